The number of rotatable bonds is 8. The van der Waals surface area contributed by atoms with E-state index < -0.39 is 29.6 Å². The minimum atomic E-state index is -1.19. The van der Waals surface area contributed by atoms with Crippen molar-refractivity contribution in [3.63, 3.8) is 0 Å². The summed E-state index contributed by atoms with van der Waals surface area (Å²) in [7, 11) is 1.50. The van der Waals surface area contributed by atoms with Gasteiger partial charge in [-0.2, -0.15) is 0 Å². The van der Waals surface area contributed by atoms with E-state index in [4.69, 9.17) is 14.2 Å². The molecule has 0 heterocycles. The number of nitrogens with one attached hydrogen (secondary N) is 1. The third kappa shape index (κ3) is 6.31. The third-order valence-electron chi connectivity index (χ3n) is 3.75. The smallest absolute Gasteiger partial charge is 0.331 e. The van der Waals surface area contributed by atoms with Gasteiger partial charge >= 0.3 is 5.97 Å². The molecule has 0 saturated carbocycles. The Hall–Kier alpha value is -3.42. The number of carbonyl (C=O) groups is 2. The van der Waals surface area contributed by atoms with Crippen molar-refractivity contribution in [2.45, 2.75) is 20.0 Å². The summed E-state index contributed by atoms with van der Waals surface area (Å²) in [6, 6.07) is 7.84. The average Bonchev–Trinajstić information content (AvgIpc) is 2.69. The number of halogens is 2. The van der Waals surface area contributed by atoms with Crippen molar-refractivity contribution in [2.24, 2.45) is 0 Å². The van der Waals surface area contributed by atoms with E-state index in [-0.39, 0.29) is 5.69 Å². The van der Waals surface area contributed by atoms with Crippen LogP contribution in [0.25, 0.3) is 6.08 Å². The number of benzene rings is 2. The fourth-order valence-electron chi connectivity index (χ4n) is 2.32. The van der Waals surface area contributed by atoms with Gasteiger partial charge in [0.15, 0.2) is 17.6 Å². The van der Waals surface area contributed by atoms with Gasteiger partial charge in [0.25, 0.3) is 5.91 Å². The van der Waals surface area contributed by atoms with Crippen LogP contribution in [0, 0.1) is 11.6 Å². The molecule has 2 aromatic rings. The van der Waals surface area contributed by atoms with Crippen molar-refractivity contribution in [3.05, 3.63) is 59.7 Å². The zero-order chi connectivity index (χ0) is 21.4. The molecule has 29 heavy (non-hydrogen) atoms. The van der Waals surface area contributed by atoms with Gasteiger partial charge in [-0.3, -0.25) is 4.79 Å². The van der Waals surface area contributed by atoms with Crippen molar-refractivity contribution in [3.8, 4) is 11.5 Å². The second-order valence-corrected chi connectivity index (χ2v) is 5.87. The first-order valence-electron chi connectivity index (χ1n) is 8.79. The molecule has 0 radical (unpaired) electrons. The Morgan fingerprint density at radius 1 is 1.14 bits per heavy atom. The zero-order valence-electron chi connectivity index (χ0n) is 16.2. The predicted molar refractivity (Wildman–Crippen MR) is 104 cm³/mol. The van der Waals surface area contributed by atoms with E-state index in [2.05, 4.69) is 5.32 Å². The van der Waals surface area contributed by atoms with E-state index in [9.17, 15) is 18.4 Å². The lowest BCUT2D eigenvalue weighted by molar-refractivity contribution is -0.148. The van der Waals surface area contributed by atoms with Gasteiger partial charge in [-0.15, -0.1) is 0 Å². The Morgan fingerprint density at radius 2 is 1.90 bits per heavy atom. The molecule has 6 nitrogen and oxygen atoms in total. The molecular formula is C21H21F2NO5. The number of amides is 1. The summed E-state index contributed by atoms with van der Waals surface area (Å²) in [5, 5.41) is 2.24. The number of methoxy groups -OCH3 is 1. The molecule has 1 atom stereocenters. The highest BCUT2D eigenvalue weighted by atomic mass is 19.1. The van der Waals surface area contributed by atoms with Gasteiger partial charge in [0, 0.05) is 12.1 Å². The van der Waals surface area contributed by atoms with Gasteiger partial charge in [0.1, 0.15) is 11.6 Å². The van der Waals surface area contributed by atoms with Crippen molar-refractivity contribution in [1.29, 1.82) is 0 Å². The molecule has 154 valence electrons. The molecule has 0 aromatic heterocycles. The summed E-state index contributed by atoms with van der Waals surface area (Å²) in [5.74, 6) is -2.12. The highest BCUT2D eigenvalue weighted by Crippen LogP contribution is 2.28. The van der Waals surface area contributed by atoms with Crippen LogP contribution in [0.5, 0.6) is 11.5 Å². The van der Waals surface area contributed by atoms with Crippen LogP contribution in [0.2, 0.25) is 0 Å². The van der Waals surface area contributed by atoms with Crippen molar-refractivity contribution in [1.82, 2.24) is 0 Å². The molecule has 0 spiro atoms. The van der Waals surface area contributed by atoms with Crippen molar-refractivity contribution < 1.29 is 32.6 Å². The molecule has 0 fully saturated rings. The van der Waals surface area contributed by atoms with Crippen molar-refractivity contribution >= 4 is 23.6 Å². The van der Waals surface area contributed by atoms with Crippen LogP contribution in [0.1, 0.15) is 19.4 Å². The zero-order valence-corrected chi connectivity index (χ0v) is 16.2. The van der Waals surface area contributed by atoms with Gasteiger partial charge in [-0.05, 0) is 49.8 Å². The molecule has 2 aromatic carbocycles. The largest absolute Gasteiger partial charge is 0.493 e. The first kappa shape index (κ1) is 21.9. The van der Waals surface area contributed by atoms with Crippen LogP contribution >= 0.6 is 0 Å². The van der Waals surface area contributed by atoms with Gasteiger partial charge < -0.3 is 19.5 Å². The second-order valence-electron chi connectivity index (χ2n) is 5.87. The number of esters is 1. The summed E-state index contributed by atoms with van der Waals surface area (Å²) in [6.07, 6.45) is 1.45. The van der Waals surface area contributed by atoms with Crippen molar-refractivity contribution in [2.75, 3.05) is 19.0 Å². The molecule has 0 aliphatic heterocycles. The Bertz CT molecular complexity index is 914. The number of carbonyl (C=O) groups excluding carboxylic acids is 2. The van der Waals surface area contributed by atoms with Gasteiger partial charge in [0.2, 0.25) is 0 Å². The normalized spacial score (nSPS) is 11.8. The van der Waals surface area contributed by atoms with E-state index in [0.717, 1.165) is 18.2 Å². The molecule has 0 bridgehead atoms. The maximum atomic E-state index is 13.6. The summed E-state index contributed by atoms with van der Waals surface area (Å²) >= 11 is 0. The van der Waals surface area contributed by atoms with E-state index in [1.54, 1.807) is 18.2 Å². The predicted octanol–water partition coefficient (Wildman–Crippen LogP) is 3.96. The highest BCUT2D eigenvalue weighted by Gasteiger charge is 2.18. The third-order valence-corrected chi connectivity index (χ3v) is 3.75. The molecule has 0 aliphatic carbocycles. The lowest BCUT2D eigenvalue weighted by Gasteiger charge is -2.13. The maximum Gasteiger partial charge on any atom is 0.331 e. The topological polar surface area (TPSA) is 73.9 Å². The summed E-state index contributed by atoms with van der Waals surface area (Å²) in [6.45, 7) is 3.67. The first-order valence-corrected chi connectivity index (χ1v) is 8.79. The van der Waals surface area contributed by atoms with E-state index >= 15 is 0 Å². The lowest BCUT2D eigenvalue weighted by Crippen LogP contribution is -2.29. The lowest BCUT2D eigenvalue weighted by atomic mass is 10.2. The first-order chi connectivity index (χ1) is 13.8. The van der Waals surface area contributed by atoms with Gasteiger partial charge in [-0.1, -0.05) is 6.07 Å². The van der Waals surface area contributed by atoms with E-state index in [0.29, 0.717) is 29.7 Å². The molecule has 0 aliphatic rings. The highest BCUT2D eigenvalue weighted by molar-refractivity contribution is 5.96. The standard InChI is InChI=1S/C21H21F2NO5/c1-4-28-18-9-5-14(11-19(18)27-3)6-10-20(25)29-13(2)21(26)24-17-8-7-15(22)12-16(17)23/h5-13H,4H2,1-3H3,(H,24,26)/b10-6+/t13-/m0/s1. The van der Waals surface area contributed by atoms with Crippen LogP contribution in [0.3, 0.4) is 0 Å². The molecule has 2 rings (SSSR count). The van der Waals surface area contributed by atoms with E-state index in [1.807, 2.05) is 6.92 Å². The molecule has 1 N–H and O–H groups in total. The van der Waals surface area contributed by atoms with Gasteiger partial charge in [-0.25, -0.2) is 13.6 Å². The quantitative estimate of drug-likeness (QED) is 0.532. The molecule has 1 amide bonds. The molecule has 8 heteroatoms. The van der Waals surface area contributed by atoms with Crippen LogP contribution in [0.4, 0.5) is 14.5 Å². The van der Waals surface area contributed by atoms with Crippen LogP contribution in [-0.2, 0) is 14.3 Å². The monoisotopic (exact) mass is 405 g/mol. The molecule has 0 unspecified atom stereocenters. The average molecular weight is 405 g/mol. The summed E-state index contributed by atoms with van der Waals surface area (Å²) in [5.41, 5.74) is 0.448. The Morgan fingerprint density at radius 3 is 2.55 bits per heavy atom. The number of anilines is 1. The second kappa shape index (κ2) is 10.2. The minimum absolute atomic E-state index is 0.212. The summed E-state index contributed by atoms with van der Waals surface area (Å²) in [4.78, 5) is 24.0. The van der Waals surface area contributed by atoms with Crippen LogP contribution in [-0.4, -0.2) is 31.7 Å². The number of ether oxygens (including phenoxy) is 3. The van der Waals surface area contributed by atoms with E-state index in [1.165, 1.54) is 20.1 Å². The van der Waals surface area contributed by atoms with Crippen LogP contribution in [0.15, 0.2) is 42.5 Å². The number of hydrogen-bond donors (Lipinski definition) is 1. The molecular weight excluding hydrogens is 384 g/mol. The van der Waals surface area contributed by atoms with Gasteiger partial charge in [0.05, 0.1) is 19.4 Å². The fourth-order valence-corrected chi connectivity index (χ4v) is 2.32. The Kier molecular flexibility index (Phi) is 7.70. The fraction of sp³-hybridized carbons (Fsp3) is 0.238. The summed E-state index contributed by atoms with van der Waals surface area (Å²) < 4.78 is 42.1. The molecule has 0 saturated heterocycles. The Balaban J connectivity index is 1.96. The maximum absolute atomic E-state index is 13.6. The number of hydrogen-bond acceptors (Lipinski definition) is 5. The SMILES string of the molecule is CCOc1ccc(/C=C/C(=O)O[C@@H](C)C(=O)Nc2ccc(F)cc2F)cc1OC. The minimum Gasteiger partial charge on any atom is -0.493 e. The van der Waals surface area contributed by atoms with Crippen LogP contribution < -0.4 is 14.8 Å². The Labute approximate surface area is 167 Å².